The van der Waals surface area contributed by atoms with Gasteiger partial charge in [-0.3, -0.25) is 4.79 Å². The maximum absolute atomic E-state index is 11.2. The highest BCUT2D eigenvalue weighted by atomic mass is 79.9. The largest absolute Gasteiger partial charge is 0.480 e. The number of benzene rings is 2. The van der Waals surface area contributed by atoms with Crippen LogP contribution in [0.15, 0.2) is 46.9 Å². The van der Waals surface area contributed by atoms with Gasteiger partial charge in [-0.1, -0.05) is 34.1 Å². The number of hydrogen-bond donors (Lipinski definition) is 1. The van der Waals surface area contributed by atoms with Gasteiger partial charge in [-0.25, -0.2) is 4.98 Å². The molecule has 1 N–H and O–H groups in total. The van der Waals surface area contributed by atoms with Crippen molar-refractivity contribution < 1.29 is 9.90 Å². The van der Waals surface area contributed by atoms with E-state index in [2.05, 4.69) is 20.9 Å². The van der Waals surface area contributed by atoms with Crippen LogP contribution in [0.25, 0.3) is 22.4 Å². The lowest BCUT2D eigenvalue weighted by molar-refractivity contribution is -0.137. The zero-order valence-electron chi connectivity index (χ0n) is 11.4. The van der Waals surface area contributed by atoms with E-state index < -0.39 is 5.97 Å². The number of aryl methyl sites for hydroxylation is 1. The first-order valence-corrected chi connectivity index (χ1v) is 7.29. The lowest BCUT2D eigenvalue weighted by Gasteiger charge is -2.09. The van der Waals surface area contributed by atoms with Gasteiger partial charge in [-0.05, 0) is 36.8 Å². The van der Waals surface area contributed by atoms with Crippen LogP contribution in [-0.2, 0) is 11.3 Å². The minimum atomic E-state index is -0.882. The molecule has 2 aromatic carbocycles. The molecule has 0 spiro atoms. The predicted molar refractivity (Wildman–Crippen MR) is 85.2 cm³/mol. The molecule has 5 heteroatoms. The molecular weight excluding hydrogens is 332 g/mol. The zero-order chi connectivity index (χ0) is 15.0. The van der Waals surface area contributed by atoms with E-state index in [-0.39, 0.29) is 6.54 Å². The summed E-state index contributed by atoms with van der Waals surface area (Å²) in [5.41, 5.74) is 3.62. The maximum Gasteiger partial charge on any atom is 0.323 e. The summed E-state index contributed by atoms with van der Waals surface area (Å²) in [4.78, 5) is 15.8. The van der Waals surface area contributed by atoms with Gasteiger partial charge in [0.05, 0.1) is 11.0 Å². The van der Waals surface area contributed by atoms with E-state index in [9.17, 15) is 9.90 Å². The highest BCUT2D eigenvalue weighted by Gasteiger charge is 2.16. The number of hydrogen-bond acceptors (Lipinski definition) is 2. The van der Waals surface area contributed by atoms with Crippen LogP contribution in [0.1, 0.15) is 5.56 Å². The molecule has 0 saturated carbocycles. The molecule has 4 nitrogen and oxygen atoms in total. The molecule has 0 bridgehead atoms. The van der Waals surface area contributed by atoms with Crippen LogP contribution in [0.3, 0.4) is 0 Å². The summed E-state index contributed by atoms with van der Waals surface area (Å²) in [7, 11) is 0. The molecule has 0 unspecified atom stereocenters. The van der Waals surface area contributed by atoms with E-state index in [1.54, 1.807) is 4.57 Å². The van der Waals surface area contributed by atoms with Crippen molar-refractivity contribution in [2.24, 2.45) is 0 Å². The topological polar surface area (TPSA) is 55.1 Å². The van der Waals surface area contributed by atoms with E-state index >= 15 is 0 Å². The van der Waals surface area contributed by atoms with Crippen LogP contribution in [0.2, 0.25) is 0 Å². The summed E-state index contributed by atoms with van der Waals surface area (Å²) in [5, 5.41) is 9.18. The molecule has 0 aliphatic carbocycles. The minimum Gasteiger partial charge on any atom is -0.480 e. The van der Waals surface area contributed by atoms with Gasteiger partial charge < -0.3 is 9.67 Å². The number of imidazole rings is 1. The summed E-state index contributed by atoms with van der Waals surface area (Å²) in [6.07, 6.45) is 0. The number of aromatic nitrogens is 2. The summed E-state index contributed by atoms with van der Waals surface area (Å²) in [6, 6.07) is 13.5. The molecule has 0 saturated heterocycles. The van der Waals surface area contributed by atoms with E-state index in [1.807, 2.05) is 49.4 Å². The van der Waals surface area contributed by atoms with Gasteiger partial charge >= 0.3 is 5.97 Å². The Morgan fingerprint density at radius 3 is 2.81 bits per heavy atom. The number of nitrogens with zero attached hydrogens (tertiary/aromatic N) is 2. The van der Waals surface area contributed by atoms with Crippen molar-refractivity contribution in [3.63, 3.8) is 0 Å². The lowest BCUT2D eigenvalue weighted by atomic mass is 10.1. The van der Waals surface area contributed by atoms with Gasteiger partial charge in [0.1, 0.15) is 12.4 Å². The molecule has 0 fully saturated rings. The number of aliphatic carboxylic acids is 1. The second-order valence-corrected chi connectivity index (χ2v) is 5.78. The van der Waals surface area contributed by atoms with Gasteiger partial charge in [-0.2, -0.15) is 0 Å². The number of rotatable bonds is 3. The Morgan fingerprint density at radius 1 is 1.29 bits per heavy atom. The van der Waals surface area contributed by atoms with Gasteiger partial charge in [0, 0.05) is 10.0 Å². The Balaban J connectivity index is 2.30. The Bertz CT molecular complexity index is 839. The summed E-state index contributed by atoms with van der Waals surface area (Å²) in [6.45, 7) is 1.88. The second-order valence-electron chi connectivity index (χ2n) is 4.86. The molecule has 3 aromatic rings. The zero-order valence-corrected chi connectivity index (χ0v) is 13.0. The molecule has 3 rings (SSSR count). The van der Waals surface area contributed by atoms with Crippen LogP contribution < -0.4 is 0 Å². The highest BCUT2D eigenvalue weighted by molar-refractivity contribution is 9.10. The van der Waals surface area contributed by atoms with Crippen LogP contribution >= 0.6 is 15.9 Å². The number of halogens is 1. The average Bonchev–Trinajstić information content (AvgIpc) is 2.80. The van der Waals surface area contributed by atoms with Crippen LogP contribution in [0.5, 0.6) is 0 Å². The fourth-order valence-corrected chi connectivity index (χ4v) is 2.77. The SMILES string of the molecule is Cc1ccc(Br)cc1-c1nc2ccccc2n1CC(=O)O. The highest BCUT2D eigenvalue weighted by Crippen LogP contribution is 2.29. The fourth-order valence-electron chi connectivity index (χ4n) is 2.41. The Labute approximate surface area is 130 Å². The first-order chi connectivity index (χ1) is 10.1. The third kappa shape index (κ3) is 2.56. The van der Waals surface area contributed by atoms with Crippen molar-refractivity contribution in [2.75, 3.05) is 0 Å². The standard InChI is InChI=1S/C16H13BrN2O2/c1-10-6-7-11(17)8-12(10)16-18-13-4-2-3-5-14(13)19(16)9-15(20)21/h2-8H,9H2,1H3,(H,20,21). The van der Waals surface area contributed by atoms with Crippen LogP contribution in [0, 0.1) is 6.92 Å². The molecule has 0 radical (unpaired) electrons. The molecule has 0 aliphatic heterocycles. The molecular formula is C16H13BrN2O2. The first-order valence-electron chi connectivity index (χ1n) is 6.50. The third-order valence-electron chi connectivity index (χ3n) is 3.39. The van der Waals surface area contributed by atoms with Gasteiger partial charge in [0.25, 0.3) is 0 Å². The monoisotopic (exact) mass is 344 g/mol. The van der Waals surface area contributed by atoms with Gasteiger partial charge in [0.15, 0.2) is 0 Å². The number of carboxylic acids is 1. The van der Waals surface area contributed by atoms with Crippen molar-refractivity contribution >= 4 is 32.9 Å². The molecule has 106 valence electrons. The molecule has 1 heterocycles. The molecule has 0 aliphatic rings. The molecule has 21 heavy (non-hydrogen) atoms. The smallest absolute Gasteiger partial charge is 0.323 e. The Morgan fingerprint density at radius 2 is 2.05 bits per heavy atom. The van der Waals surface area contributed by atoms with E-state index in [4.69, 9.17) is 0 Å². The maximum atomic E-state index is 11.2. The van der Waals surface area contributed by atoms with Crippen molar-refractivity contribution in [3.05, 3.63) is 52.5 Å². The summed E-state index contributed by atoms with van der Waals surface area (Å²) in [5.74, 6) is -0.204. The van der Waals surface area contributed by atoms with Crippen LogP contribution in [-0.4, -0.2) is 20.6 Å². The van der Waals surface area contributed by atoms with Crippen molar-refractivity contribution in [3.8, 4) is 11.4 Å². The Hall–Kier alpha value is -2.14. The second kappa shape index (κ2) is 5.33. The average molecular weight is 345 g/mol. The number of para-hydroxylation sites is 2. The van der Waals surface area contributed by atoms with Crippen molar-refractivity contribution in [1.82, 2.24) is 9.55 Å². The summed E-state index contributed by atoms with van der Waals surface area (Å²) >= 11 is 3.46. The number of carboxylic acid groups (broad SMARTS) is 1. The predicted octanol–water partition coefficient (Wildman–Crippen LogP) is 3.86. The van der Waals surface area contributed by atoms with E-state index in [0.717, 1.165) is 26.6 Å². The normalized spacial score (nSPS) is 11.0. The van der Waals surface area contributed by atoms with Crippen molar-refractivity contribution in [1.29, 1.82) is 0 Å². The fraction of sp³-hybridized carbons (Fsp3) is 0.125. The van der Waals surface area contributed by atoms with Crippen molar-refractivity contribution in [2.45, 2.75) is 13.5 Å². The quantitative estimate of drug-likeness (QED) is 0.784. The number of fused-ring (bicyclic) bond motifs is 1. The first kappa shape index (κ1) is 13.8. The molecule has 0 amide bonds. The van der Waals surface area contributed by atoms with E-state index in [1.165, 1.54) is 0 Å². The molecule has 0 atom stereocenters. The van der Waals surface area contributed by atoms with Crippen LogP contribution in [0.4, 0.5) is 0 Å². The number of carbonyl (C=O) groups is 1. The minimum absolute atomic E-state index is 0.109. The van der Waals surface area contributed by atoms with Gasteiger partial charge in [0.2, 0.25) is 0 Å². The molecule has 1 aromatic heterocycles. The lowest BCUT2D eigenvalue weighted by Crippen LogP contribution is -2.10. The van der Waals surface area contributed by atoms with E-state index in [0.29, 0.717) is 5.82 Å². The third-order valence-corrected chi connectivity index (χ3v) is 3.88. The summed E-state index contributed by atoms with van der Waals surface area (Å²) < 4.78 is 2.68. The van der Waals surface area contributed by atoms with Gasteiger partial charge in [-0.15, -0.1) is 0 Å². The Kier molecular flexibility index (Phi) is 3.51.